The van der Waals surface area contributed by atoms with E-state index in [1.807, 2.05) is 17.0 Å². The van der Waals surface area contributed by atoms with E-state index in [4.69, 9.17) is 4.74 Å². The first kappa shape index (κ1) is 19.8. The Labute approximate surface area is 172 Å². The third kappa shape index (κ3) is 5.76. The number of hydrogen-bond acceptors (Lipinski definition) is 5. The van der Waals surface area contributed by atoms with Crippen LogP contribution in [0.1, 0.15) is 44.1 Å². The van der Waals surface area contributed by atoms with Crippen LogP contribution in [0, 0.1) is 5.92 Å². The summed E-state index contributed by atoms with van der Waals surface area (Å²) in [5.74, 6) is 1.74. The molecule has 0 radical (unpaired) electrons. The summed E-state index contributed by atoms with van der Waals surface area (Å²) in [7, 11) is 0. The van der Waals surface area contributed by atoms with Crippen molar-refractivity contribution in [2.24, 2.45) is 5.92 Å². The van der Waals surface area contributed by atoms with Crippen molar-refractivity contribution >= 4 is 5.91 Å². The monoisotopic (exact) mass is 394 g/mol. The van der Waals surface area contributed by atoms with Crippen LogP contribution in [-0.4, -0.2) is 51.9 Å². The molecule has 2 saturated heterocycles. The quantitative estimate of drug-likeness (QED) is 0.713. The Morgan fingerprint density at radius 2 is 1.79 bits per heavy atom. The van der Waals surface area contributed by atoms with Crippen molar-refractivity contribution in [1.82, 2.24) is 19.8 Å². The van der Waals surface area contributed by atoms with Crippen molar-refractivity contribution in [2.75, 3.05) is 26.2 Å². The maximum absolute atomic E-state index is 12.3. The molecule has 1 aromatic carbocycles. The zero-order valence-corrected chi connectivity index (χ0v) is 17.0. The van der Waals surface area contributed by atoms with Crippen molar-refractivity contribution in [1.29, 1.82) is 0 Å². The Morgan fingerprint density at radius 3 is 2.55 bits per heavy atom. The average Bonchev–Trinajstić information content (AvgIpc) is 3.30. The Balaban J connectivity index is 1.24. The summed E-state index contributed by atoms with van der Waals surface area (Å²) < 4.78 is 5.67. The lowest BCUT2D eigenvalue weighted by molar-refractivity contribution is -0.130. The summed E-state index contributed by atoms with van der Waals surface area (Å²) in [6.45, 7) is 5.09. The Morgan fingerprint density at radius 1 is 1.03 bits per heavy atom. The first-order valence-corrected chi connectivity index (χ1v) is 10.8. The number of rotatable bonds is 7. The molecule has 4 rings (SSSR count). The number of hydrogen-bond donors (Lipinski definition) is 0. The van der Waals surface area contributed by atoms with Crippen LogP contribution in [0.4, 0.5) is 0 Å². The summed E-state index contributed by atoms with van der Waals surface area (Å²) in [6.07, 6.45) is 9.88. The van der Waals surface area contributed by atoms with Gasteiger partial charge < -0.3 is 9.64 Å². The normalized spacial score (nSPS) is 20.0. The number of nitrogens with zero attached hydrogens (tertiary/aromatic N) is 4. The highest BCUT2D eigenvalue weighted by Gasteiger charge is 2.23. The Kier molecular flexibility index (Phi) is 6.72. The van der Waals surface area contributed by atoms with Gasteiger partial charge in [0.05, 0.1) is 0 Å². The van der Waals surface area contributed by atoms with Gasteiger partial charge in [-0.1, -0.05) is 12.1 Å². The van der Waals surface area contributed by atoms with Crippen LogP contribution in [0.15, 0.2) is 42.7 Å². The van der Waals surface area contributed by atoms with Gasteiger partial charge >= 0.3 is 6.01 Å². The van der Waals surface area contributed by atoms with Crippen molar-refractivity contribution in [3.8, 4) is 11.8 Å². The van der Waals surface area contributed by atoms with E-state index in [1.165, 1.54) is 31.2 Å². The molecule has 1 atom stereocenters. The maximum atomic E-state index is 12.3. The van der Waals surface area contributed by atoms with Crippen molar-refractivity contribution in [2.45, 2.75) is 45.1 Å². The number of carbonyl (C=O) groups excluding carboxylic acids is 1. The topological polar surface area (TPSA) is 58.6 Å². The van der Waals surface area contributed by atoms with E-state index < -0.39 is 0 Å². The molecule has 0 unspecified atom stereocenters. The van der Waals surface area contributed by atoms with Gasteiger partial charge in [-0.3, -0.25) is 9.69 Å². The summed E-state index contributed by atoms with van der Waals surface area (Å²) >= 11 is 0. The molecule has 0 N–H and O–H groups in total. The minimum atomic E-state index is 0.359. The van der Waals surface area contributed by atoms with Crippen LogP contribution < -0.4 is 4.74 Å². The standard InChI is InChI=1S/C23H30N4O2/c28-22(27-15-1-2-16-27)11-8-19-5-3-14-26(17-19)18-20-6-9-21(10-7-20)29-23-24-12-4-13-25-23/h4,6-7,9-10,12-13,19H,1-3,5,8,11,14-18H2/t19-/m0/s1. The van der Waals surface area contributed by atoms with Crippen LogP contribution in [-0.2, 0) is 11.3 Å². The zero-order valence-electron chi connectivity index (χ0n) is 17.0. The van der Waals surface area contributed by atoms with Crippen LogP contribution in [0.5, 0.6) is 11.8 Å². The van der Waals surface area contributed by atoms with E-state index in [-0.39, 0.29) is 0 Å². The van der Waals surface area contributed by atoms with Gasteiger partial charge in [-0.2, -0.15) is 0 Å². The lowest BCUT2D eigenvalue weighted by atomic mass is 9.93. The fourth-order valence-corrected chi connectivity index (χ4v) is 4.35. The molecule has 2 fully saturated rings. The number of piperidine rings is 1. The largest absolute Gasteiger partial charge is 0.424 e. The number of carbonyl (C=O) groups is 1. The molecule has 0 saturated carbocycles. The second-order valence-corrected chi connectivity index (χ2v) is 8.15. The van der Waals surface area contributed by atoms with Crippen molar-refractivity contribution < 1.29 is 9.53 Å². The summed E-state index contributed by atoms with van der Waals surface area (Å²) in [5.41, 5.74) is 1.28. The first-order chi connectivity index (χ1) is 14.3. The van der Waals surface area contributed by atoms with Gasteiger partial charge in [0, 0.05) is 45.0 Å². The lowest BCUT2D eigenvalue weighted by Gasteiger charge is -2.33. The first-order valence-electron chi connectivity index (χ1n) is 10.8. The summed E-state index contributed by atoms with van der Waals surface area (Å²) in [5, 5.41) is 0. The third-order valence-electron chi connectivity index (χ3n) is 5.91. The van der Waals surface area contributed by atoms with Crippen LogP contribution in [0.3, 0.4) is 0 Å². The highest BCUT2D eigenvalue weighted by Crippen LogP contribution is 2.24. The number of aromatic nitrogens is 2. The molecular formula is C23H30N4O2. The SMILES string of the molecule is O=C(CC[C@@H]1CCCN(Cc2ccc(Oc3ncccn3)cc2)C1)N1CCCC1. The van der Waals surface area contributed by atoms with E-state index in [0.29, 0.717) is 24.3 Å². The molecule has 0 aliphatic carbocycles. The molecule has 2 aliphatic rings. The highest BCUT2D eigenvalue weighted by atomic mass is 16.5. The molecule has 154 valence electrons. The fourth-order valence-electron chi connectivity index (χ4n) is 4.35. The molecule has 0 spiro atoms. The summed E-state index contributed by atoms with van der Waals surface area (Å²) in [6, 6.07) is 10.3. The van der Waals surface area contributed by atoms with Crippen molar-refractivity contribution in [3.05, 3.63) is 48.3 Å². The number of amides is 1. The minimum Gasteiger partial charge on any atom is -0.424 e. The second-order valence-electron chi connectivity index (χ2n) is 8.15. The smallest absolute Gasteiger partial charge is 0.321 e. The molecule has 1 amide bonds. The lowest BCUT2D eigenvalue weighted by Crippen LogP contribution is -2.35. The molecule has 29 heavy (non-hydrogen) atoms. The Hall–Kier alpha value is -2.47. The Bertz CT molecular complexity index is 775. The van der Waals surface area contributed by atoms with E-state index in [0.717, 1.165) is 44.9 Å². The molecule has 6 heteroatoms. The molecule has 1 aromatic heterocycles. The van der Waals surface area contributed by atoms with Gasteiger partial charge in [-0.25, -0.2) is 9.97 Å². The van der Waals surface area contributed by atoms with Crippen LogP contribution >= 0.6 is 0 Å². The van der Waals surface area contributed by atoms with Gasteiger partial charge in [-0.15, -0.1) is 0 Å². The number of benzene rings is 1. The maximum Gasteiger partial charge on any atom is 0.321 e. The van der Waals surface area contributed by atoms with Gasteiger partial charge in [0.15, 0.2) is 0 Å². The molecule has 0 bridgehead atoms. The highest BCUT2D eigenvalue weighted by molar-refractivity contribution is 5.76. The molecule has 2 aromatic rings. The van der Waals surface area contributed by atoms with Gasteiger partial charge in [0.2, 0.25) is 5.91 Å². The fraction of sp³-hybridized carbons (Fsp3) is 0.522. The zero-order chi connectivity index (χ0) is 19.9. The minimum absolute atomic E-state index is 0.359. The van der Waals surface area contributed by atoms with Gasteiger partial charge in [-0.05, 0) is 68.3 Å². The molecule has 2 aliphatic heterocycles. The van der Waals surface area contributed by atoms with E-state index in [9.17, 15) is 4.79 Å². The van der Waals surface area contributed by atoms with Crippen LogP contribution in [0.25, 0.3) is 0 Å². The molecule has 6 nitrogen and oxygen atoms in total. The number of likely N-dealkylation sites (tertiary alicyclic amines) is 2. The van der Waals surface area contributed by atoms with Crippen molar-refractivity contribution in [3.63, 3.8) is 0 Å². The summed E-state index contributed by atoms with van der Waals surface area (Å²) in [4.78, 5) is 25.0. The van der Waals surface area contributed by atoms with Gasteiger partial charge in [0.1, 0.15) is 5.75 Å². The average molecular weight is 395 g/mol. The van der Waals surface area contributed by atoms with E-state index in [2.05, 4.69) is 27.0 Å². The predicted octanol–water partition coefficient (Wildman–Crippen LogP) is 3.88. The molecule has 3 heterocycles. The second kappa shape index (κ2) is 9.83. The number of ether oxygens (including phenoxy) is 1. The van der Waals surface area contributed by atoms with E-state index in [1.54, 1.807) is 18.5 Å². The van der Waals surface area contributed by atoms with Gasteiger partial charge in [0.25, 0.3) is 0 Å². The van der Waals surface area contributed by atoms with Crippen LogP contribution in [0.2, 0.25) is 0 Å². The third-order valence-corrected chi connectivity index (χ3v) is 5.91. The molecular weight excluding hydrogens is 364 g/mol. The predicted molar refractivity (Wildman–Crippen MR) is 112 cm³/mol. The van der Waals surface area contributed by atoms with E-state index >= 15 is 0 Å².